The molecule has 0 bridgehead atoms. The molecule has 0 radical (unpaired) electrons. The molecular formula is C19H23N3O3. The number of hydrogen-bond acceptors (Lipinski definition) is 4. The highest BCUT2D eigenvalue weighted by molar-refractivity contribution is 5.99. The van der Waals surface area contributed by atoms with Gasteiger partial charge in [0.05, 0.1) is 20.3 Å². The van der Waals surface area contributed by atoms with E-state index in [0.29, 0.717) is 5.69 Å². The molecule has 1 saturated heterocycles. The lowest BCUT2D eigenvalue weighted by Gasteiger charge is -2.26. The summed E-state index contributed by atoms with van der Waals surface area (Å²) in [6.07, 6.45) is 0. The number of carbonyl (C=O) groups is 1. The van der Waals surface area contributed by atoms with Crippen molar-refractivity contribution in [1.29, 1.82) is 0 Å². The summed E-state index contributed by atoms with van der Waals surface area (Å²) >= 11 is 0. The predicted octanol–water partition coefficient (Wildman–Crippen LogP) is 3.17. The molecule has 0 atom stereocenters. The van der Waals surface area contributed by atoms with Crippen molar-refractivity contribution in [3.05, 3.63) is 54.1 Å². The van der Waals surface area contributed by atoms with Gasteiger partial charge in [-0.1, -0.05) is 12.1 Å². The zero-order valence-electron chi connectivity index (χ0n) is 14.3. The van der Waals surface area contributed by atoms with Gasteiger partial charge in [-0.05, 0) is 42.0 Å². The summed E-state index contributed by atoms with van der Waals surface area (Å²) in [7, 11) is 1.61. The number of rotatable bonds is 5. The van der Waals surface area contributed by atoms with E-state index in [1.54, 1.807) is 31.4 Å². The Labute approximate surface area is 147 Å². The maximum atomic E-state index is 12.1. The van der Waals surface area contributed by atoms with Crippen LogP contribution in [0.15, 0.2) is 48.5 Å². The molecule has 2 N–H and O–H groups in total. The molecule has 0 saturated carbocycles. The van der Waals surface area contributed by atoms with Crippen LogP contribution in [0.1, 0.15) is 5.56 Å². The van der Waals surface area contributed by atoms with Gasteiger partial charge in [-0.25, -0.2) is 4.79 Å². The fourth-order valence-electron chi connectivity index (χ4n) is 2.68. The molecule has 1 aliphatic rings. The zero-order valence-corrected chi connectivity index (χ0v) is 14.3. The summed E-state index contributed by atoms with van der Waals surface area (Å²) in [4.78, 5) is 14.4. The smallest absolute Gasteiger partial charge is 0.323 e. The quantitative estimate of drug-likeness (QED) is 0.877. The van der Waals surface area contributed by atoms with Gasteiger partial charge in [0.2, 0.25) is 0 Å². The van der Waals surface area contributed by atoms with E-state index in [9.17, 15) is 4.79 Å². The molecule has 2 aromatic rings. The Morgan fingerprint density at radius 2 is 1.56 bits per heavy atom. The molecule has 3 rings (SSSR count). The average molecular weight is 341 g/mol. The molecule has 0 unspecified atom stereocenters. The molecule has 2 aromatic carbocycles. The van der Waals surface area contributed by atoms with Crippen LogP contribution >= 0.6 is 0 Å². The maximum Gasteiger partial charge on any atom is 0.323 e. The van der Waals surface area contributed by atoms with Crippen LogP contribution in [0.5, 0.6) is 5.75 Å². The van der Waals surface area contributed by atoms with Gasteiger partial charge in [-0.3, -0.25) is 4.90 Å². The molecule has 0 aromatic heterocycles. The van der Waals surface area contributed by atoms with E-state index < -0.39 is 0 Å². The Bertz CT molecular complexity index is 680. The minimum absolute atomic E-state index is 0.272. The number of hydrogen-bond donors (Lipinski definition) is 2. The average Bonchev–Trinajstić information content (AvgIpc) is 2.65. The lowest BCUT2D eigenvalue weighted by atomic mass is 10.2. The van der Waals surface area contributed by atoms with Gasteiger partial charge in [0.25, 0.3) is 0 Å². The molecule has 132 valence electrons. The molecular weight excluding hydrogens is 318 g/mol. The van der Waals surface area contributed by atoms with Crippen LogP contribution in [-0.4, -0.2) is 44.3 Å². The Morgan fingerprint density at radius 1 is 1.00 bits per heavy atom. The number of carbonyl (C=O) groups excluding carboxylic acids is 1. The Kier molecular flexibility index (Phi) is 5.87. The number of amides is 2. The van der Waals surface area contributed by atoms with Crippen LogP contribution < -0.4 is 15.4 Å². The number of anilines is 2. The van der Waals surface area contributed by atoms with Crippen LogP contribution in [0.2, 0.25) is 0 Å². The fourth-order valence-corrected chi connectivity index (χ4v) is 2.68. The summed E-state index contributed by atoms with van der Waals surface area (Å²) in [6, 6.07) is 14.8. The first kappa shape index (κ1) is 17.3. The highest BCUT2D eigenvalue weighted by Gasteiger charge is 2.10. The van der Waals surface area contributed by atoms with Gasteiger partial charge in [-0.15, -0.1) is 0 Å². The van der Waals surface area contributed by atoms with E-state index in [-0.39, 0.29) is 6.03 Å². The number of morpholine rings is 1. The number of ether oxygens (including phenoxy) is 2. The summed E-state index contributed by atoms with van der Waals surface area (Å²) in [5.41, 5.74) is 2.70. The van der Waals surface area contributed by atoms with Gasteiger partial charge in [0.1, 0.15) is 5.75 Å². The number of nitrogens with one attached hydrogen (secondary N) is 2. The number of urea groups is 1. The molecule has 0 spiro atoms. The topological polar surface area (TPSA) is 62.8 Å². The van der Waals surface area contributed by atoms with Gasteiger partial charge >= 0.3 is 6.03 Å². The second-order valence-electron chi connectivity index (χ2n) is 5.89. The molecule has 1 heterocycles. The first-order chi connectivity index (χ1) is 12.2. The summed E-state index contributed by atoms with van der Waals surface area (Å²) in [5, 5.41) is 5.63. The summed E-state index contributed by atoms with van der Waals surface area (Å²) in [5.74, 6) is 0.752. The summed E-state index contributed by atoms with van der Waals surface area (Å²) < 4.78 is 10.5. The number of benzene rings is 2. The largest absolute Gasteiger partial charge is 0.497 e. The van der Waals surface area contributed by atoms with Crippen molar-refractivity contribution < 1.29 is 14.3 Å². The van der Waals surface area contributed by atoms with E-state index in [2.05, 4.69) is 15.5 Å². The van der Waals surface area contributed by atoms with Gasteiger partial charge in [-0.2, -0.15) is 0 Å². The molecule has 0 aliphatic carbocycles. The van der Waals surface area contributed by atoms with E-state index in [1.165, 1.54) is 5.56 Å². The molecule has 25 heavy (non-hydrogen) atoms. The Balaban J connectivity index is 1.50. The van der Waals surface area contributed by atoms with Crippen LogP contribution in [0.25, 0.3) is 0 Å². The van der Waals surface area contributed by atoms with Crippen LogP contribution in [-0.2, 0) is 11.3 Å². The third kappa shape index (κ3) is 5.20. The number of methoxy groups -OCH3 is 1. The zero-order chi connectivity index (χ0) is 17.5. The normalized spacial score (nSPS) is 14.8. The SMILES string of the molecule is COc1ccc(NC(=O)Nc2ccc(CN3CCOCC3)cc2)cc1. The monoisotopic (exact) mass is 341 g/mol. The molecule has 6 nitrogen and oxygen atoms in total. The second kappa shape index (κ2) is 8.50. The highest BCUT2D eigenvalue weighted by Crippen LogP contribution is 2.16. The van der Waals surface area contributed by atoms with E-state index >= 15 is 0 Å². The van der Waals surface area contributed by atoms with Crippen LogP contribution in [0.3, 0.4) is 0 Å². The van der Waals surface area contributed by atoms with Crippen molar-refractivity contribution in [2.24, 2.45) is 0 Å². The predicted molar refractivity (Wildman–Crippen MR) is 98.2 cm³/mol. The first-order valence-corrected chi connectivity index (χ1v) is 8.34. The molecule has 1 aliphatic heterocycles. The number of nitrogens with zero attached hydrogens (tertiary/aromatic N) is 1. The van der Waals surface area contributed by atoms with Gasteiger partial charge in [0.15, 0.2) is 0 Å². The van der Waals surface area contributed by atoms with E-state index in [0.717, 1.165) is 44.3 Å². The second-order valence-corrected chi connectivity index (χ2v) is 5.89. The summed E-state index contributed by atoms with van der Waals surface area (Å²) in [6.45, 7) is 4.42. The van der Waals surface area contributed by atoms with Crippen molar-refractivity contribution in [2.45, 2.75) is 6.54 Å². The third-order valence-electron chi connectivity index (χ3n) is 4.07. The Morgan fingerprint density at radius 3 is 2.12 bits per heavy atom. The standard InChI is InChI=1S/C19H23N3O3/c1-24-18-8-6-17(7-9-18)21-19(23)20-16-4-2-15(3-5-16)14-22-10-12-25-13-11-22/h2-9H,10-14H2,1H3,(H2,20,21,23). The van der Waals surface area contributed by atoms with Crippen LogP contribution in [0.4, 0.5) is 16.2 Å². The van der Waals surface area contributed by atoms with Crippen molar-refractivity contribution in [1.82, 2.24) is 4.90 Å². The first-order valence-electron chi connectivity index (χ1n) is 8.34. The van der Waals surface area contributed by atoms with E-state index in [4.69, 9.17) is 9.47 Å². The maximum absolute atomic E-state index is 12.1. The van der Waals surface area contributed by atoms with Crippen LogP contribution in [0, 0.1) is 0 Å². The fraction of sp³-hybridized carbons (Fsp3) is 0.316. The van der Waals surface area contributed by atoms with Crippen molar-refractivity contribution in [2.75, 3.05) is 44.0 Å². The van der Waals surface area contributed by atoms with Crippen molar-refractivity contribution in [3.8, 4) is 5.75 Å². The lowest BCUT2D eigenvalue weighted by molar-refractivity contribution is 0.0342. The van der Waals surface area contributed by atoms with Gasteiger partial charge in [0, 0.05) is 31.0 Å². The third-order valence-corrected chi connectivity index (χ3v) is 4.07. The minimum Gasteiger partial charge on any atom is -0.497 e. The van der Waals surface area contributed by atoms with E-state index in [1.807, 2.05) is 24.3 Å². The van der Waals surface area contributed by atoms with Crippen molar-refractivity contribution in [3.63, 3.8) is 0 Å². The molecule has 2 amide bonds. The highest BCUT2D eigenvalue weighted by atomic mass is 16.5. The molecule has 1 fully saturated rings. The minimum atomic E-state index is -0.272. The molecule has 6 heteroatoms. The lowest BCUT2D eigenvalue weighted by Crippen LogP contribution is -2.35. The Hall–Kier alpha value is -2.57. The van der Waals surface area contributed by atoms with Gasteiger partial charge < -0.3 is 20.1 Å². The van der Waals surface area contributed by atoms with Crippen molar-refractivity contribution >= 4 is 17.4 Å².